The number of hydrogen-bond acceptors (Lipinski definition) is 2. The summed E-state index contributed by atoms with van der Waals surface area (Å²) in [6, 6.07) is 9.63. The van der Waals surface area contributed by atoms with Gasteiger partial charge in [0, 0.05) is 11.6 Å². The zero-order chi connectivity index (χ0) is 14.0. The van der Waals surface area contributed by atoms with Crippen molar-refractivity contribution in [3.8, 4) is 11.5 Å². The molecule has 5 heteroatoms. The SMILES string of the molecule is Cc1cc(Oc2cc(F)ccc2Br)ccc1C(N)=S. The summed E-state index contributed by atoms with van der Waals surface area (Å²) in [4.78, 5) is 0.344. The van der Waals surface area contributed by atoms with Crippen LogP contribution in [0.4, 0.5) is 4.39 Å². The summed E-state index contributed by atoms with van der Waals surface area (Å²) >= 11 is 8.25. The molecule has 0 unspecified atom stereocenters. The summed E-state index contributed by atoms with van der Waals surface area (Å²) < 4.78 is 19.5. The van der Waals surface area contributed by atoms with Gasteiger partial charge in [-0.2, -0.15) is 0 Å². The smallest absolute Gasteiger partial charge is 0.144 e. The fourth-order valence-corrected chi connectivity index (χ4v) is 2.22. The predicted molar refractivity (Wildman–Crippen MR) is 81.2 cm³/mol. The minimum atomic E-state index is -0.352. The Hall–Kier alpha value is -1.46. The third kappa shape index (κ3) is 3.30. The van der Waals surface area contributed by atoms with E-state index in [9.17, 15) is 4.39 Å². The van der Waals surface area contributed by atoms with E-state index in [2.05, 4.69) is 15.9 Å². The Morgan fingerprint density at radius 3 is 2.63 bits per heavy atom. The quantitative estimate of drug-likeness (QED) is 0.845. The Labute approximate surface area is 124 Å². The first kappa shape index (κ1) is 14.0. The Morgan fingerprint density at radius 1 is 1.26 bits per heavy atom. The molecule has 0 aliphatic rings. The molecule has 2 aromatic rings. The van der Waals surface area contributed by atoms with Crippen LogP contribution in [0.3, 0.4) is 0 Å². The Kier molecular flexibility index (Phi) is 4.17. The maximum Gasteiger partial charge on any atom is 0.144 e. The van der Waals surface area contributed by atoms with Gasteiger partial charge in [0.2, 0.25) is 0 Å². The molecular formula is C14H11BrFNOS. The van der Waals surface area contributed by atoms with E-state index in [0.29, 0.717) is 21.0 Å². The number of hydrogen-bond donors (Lipinski definition) is 1. The van der Waals surface area contributed by atoms with Crippen LogP contribution >= 0.6 is 28.1 Å². The monoisotopic (exact) mass is 339 g/mol. The normalized spacial score (nSPS) is 10.3. The topological polar surface area (TPSA) is 35.2 Å². The Bertz CT molecular complexity index is 645. The van der Waals surface area contributed by atoms with Crippen LogP contribution in [-0.2, 0) is 0 Å². The lowest BCUT2D eigenvalue weighted by molar-refractivity contribution is 0.473. The van der Waals surface area contributed by atoms with E-state index in [-0.39, 0.29) is 5.82 Å². The van der Waals surface area contributed by atoms with Crippen LogP contribution < -0.4 is 10.5 Å². The van der Waals surface area contributed by atoms with E-state index < -0.39 is 0 Å². The van der Waals surface area contributed by atoms with Gasteiger partial charge in [0.15, 0.2) is 0 Å². The Balaban J connectivity index is 2.31. The number of nitrogens with two attached hydrogens (primary N) is 1. The molecule has 0 saturated heterocycles. The van der Waals surface area contributed by atoms with Gasteiger partial charge in [-0.05, 0) is 58.7 Å². The predicted octanol–water partition coefficient (Wildman–Crippen LogP) is 4.32. The highest BCUT2D eigenvalue weighted by Crippen LogP contribution is 2.31. The van der Waals surface area contributed by atoms with E-state index in [1.807, 2.05) is 13.0 Å². The molecule has 0 aliphatic carbocycles. The lowest BCUT2D eigenvalue weighted by atomic mass is 10.1. The van der Waals surface area contributed by atoms with Crippen molar-refractivity contribution in [2.45, 2.75) is 6.92 Å². The van der Waals surface area contributed by atoms with Crippen molar-refractivity contribution in [3.05, 3.63) is 57.8 Å². The highest BCUT2D eigenvalue weighted by molar-refractivity contribution is 9.10. The van der Waals surface area contributed by atoms with Gasteiger partial charge >= 0.3 is 0 Å². The number of rotatable bonds is 3. The lowest BCUT2D eigenvalue weighted by Crippen LogP contribution is -2.10. The molecule has 0 aliphatic heterocycles. The van der Waals surface area contributed by atoms with Crippen molar-refractivity contribution in [1.82, 2.24) is 0 Å². The van der Waals surface area contributed by atoms with Crippen molar-refractivity contribution in [1.29, 1.82) is 0 Å². The second-order valence-electron chi connectivity index (χ2n) is 4.02. The summed E-state index contributed by atoms with van der Waals surface area (Å²) in [5.41, 5.74) is 7.32. The van der Waals surface area contributed by atoms with E-state index in [4.69, 9.17) is 22.7 Å². The third-order valence-corrected chi connectivity index (χ3v) is 3.46. The van der Waals surface area contributed by atoms with Gasteiger partial charge in [-0.1, -0.05) is 12.2 Å². The molecule has 98 valence electrons. The fourth-order valence-electron chi connectivity index (χ4n) is 1.66. The molecule has 0 aromatic heterocycles. The molecule has 2 rings (SSSR count). The van der Waals surface area contributed by atoms with Crippen LogP contribution in [0.1, 0.15) is 11.1 Å². The van der Waals surface area contributed by atoms with Crippen LogP contribution in [0.15, 0.2) is 40.9 Å². The van der Waals surface area contributed by atoms with Crippen LogP contribution in [0.25, 0.3) is 0 Å². The second-order valence-corrected chi connectivity index (χ2v) is 5.31. The van der Waals surface area contributed by atoms with Gasteiger partial charge in [-0.15, -0.1) is 0 Å². The van der Waals surface area contributed by atoms with Crippen LogP contribution in [0.2, 0.25) is 0 Å². The molecule has 19 heavy (non-hydrogen) atoms. The van der Waals surface area contributed by atoms with Crippen molar-refractivity contribution >= 4 is 33.1 Å². The average Bonchev–Trinajstić information content (AvgIpc) is 2.33. The average molecular weight is 340 g/mol. The van der Waals surface area contributed by atoms with Crippen molar-refractivity contribution in [3.63, 3.8) is 0 Å². The van der Waals surface area contributed by atoms with Gasteiger partial charge in [0.05, 0.1) is 4.47 Å². The minimum absolute atomic E-state index is 0.344. The van der Waals surface area contributed by atoms with Crippen molar-refractivity contribution in [2.75, 3.05) is 0 Å². The highest BCUT2D eigenvalue weighted by atomic mass is 79.9. The van der Waals surface area contributed by atoms with Gasteiger partial charge in [0.1, 0.15) is 22.3 Å². The van der Waals surface area contributed by atoms with Crippen LogP contribution in [0, 0.1) is 12.7 Å². The first-order valence-corrected chi connectivity index (χ1v) is 6.71. The number of aryl methyl sites for hydroxylation is 1. The highest BCUT2D eigenvalue weighted by Gasteiger charge is 2.07. The van der Waals surface area contributed by atoms with Crippen LogP contribution in [-0.4, -0.2) is 4.99 Å². The molecule has 0 spiro atoms. The first-order valence-electron chi connectivity index (χ1n) is 5.51. The summed E-state index contributed by atoms with van der Waals surface area (Å²) in [7, 11) is 0. The van der Waals surface area contributed by atoms with Gasteiger partial charge in [0.25, 0.3) is 0 Å². The summed E-state index contributed by atoms with van der Waals surface area (Å²) in [5.74, 6) is 0.668. The zero-order valence-corrected chi connectivity index (χ0v) is 12.5. The van der Waals surface area contributed by atoms with E-state index in [1.54, 1.807) is 18.2 Å². The van der Waals surface area contributed by atoms with Gasteiger partial charge in [-0.3, -0.25) is 0 Å². The number of ether oxygens (including phenoxy) is 1. The fraction of sp³-hybridized carbons (Fsp3) is 0.0714. The number of benzene rings is 2. The summed E-state index contributed by atoms with van der Waals surface area (Å²) in [6.45, 7) is 1.89. The van der Waals surface area contributed by atoms with Crippen molar-refractivity contribution in [2.24, 2.45) is 5.73 Å². The molecule has 2 nitrogen and oxygen atoms in total. The largest absolute Gasteiger partial charge is 0.456 e. The lowest BCUT2D eigenvalue weighted by Gasteiger charge is -2.10. The van der Waals surface area contributed by atoms with Crippen molar-refractivity contribution < 1.29 is 9.13 Å². The molecule has 0 bridgehead atoms. The maximum atomic E-state index is 13.2. The minimum Gasteiger partial charge on any atom is -0.456 e. The molecule has 0 radical (unpaired) electrons. The molecule has 0 atom stereocenters. The Morgan fingerprint density at radius 2 is 2.00 bits per heavy atom. The standard InChI is InChI=1S/C14H11BrFNOS/c1-8-6-10(3-4-11(8)14(17)19)18-13-7-9(16)2-5-12(13)15/h2-7H,1H3,(H2,17,19). The summed E-state index contributed by atoms with van der Waals surface area (Å²) in [5, 5.41) is 0. The molecular weight excluding hydrogens is 329 g/mol. The van der Waals surface area contributed by atoms with E-state index in [1.165, 1.54) is 12.1 Å². The third-order valence-electron chi connectivity index (χ3n) is 2.58. The maximum absolute atomic E-state index is 13.2. The number of halogens is 2. The first-order chi connectivity index (χ1) is 8.97. The molecule has 0 fully saturated rings. The van der Waals surface area contributed by atoms with Gasteiger partial charge < -0.3 is 10.5 Å². The molecule has 0 saturated carbocycles. The van der Waals surface area contributed by atoms with Gasteiger partial charge in [-0.25, -0.2) is 4.39 Å². The van der Waals surface area contributed by atoms with Crippen LogP contribution in [0.5, 0.6) is 11.5 Å². The molecule has 0 amide bonds. The van der Waals surface area contributed by atoms with E-state index >= 15 is 0 Å². The number of thiocarbonyl (C=S) groups is 1. The van der Waals surface area contributed by atoms with E-state index in [0.717, 1.165) is 11.1 Å². The zero-order valence-electron chi connectivity index (χ0n) is 10.1. The second kappa shape index (κ2) is 5.67. The molecule has 2 aromatic carbocycles. The molecule has 0 heterocycles. The molecule has 2 N–H and O–H groups in total. The summed E-state index contributed by atoms with van der Waals surface area (Å²) in [6.07, 6.45) is 0.